The second-order valence-corrected chi connectivity index (χ2v) is 3.75. The van der Waals surface area contributed by atoms with Crippen molar-refractivity contribution in [1.29, 1.82) is 0 Å². The first-order valence-electron chi connectivity index (χ1n) is 5.45. The van der Waals surface area contributed by atoms with Gasteiger partial charge in [-0.25, -0.2) is 0 Å². The number of nitrogens with two attached hydrogens (primary N) is 1. The maximum Gasteiger partial charge on any atom is 0.278 e. The zero-order chi connectivity index (χ0) is 13.2. The summed E-state index contributed by atoms with van der Waals surface area (Å²) >= 11 is 0. The van der Waals surface area contributed by atoms with E-state index in [9.17, 15) is 4.79 Å². The Morgan fingerprint density at radius 2 is 1.84 bits per heavy atom. The number of anilines is 1. The van der Waals surface area contributed by atoms with Crippen LogP contribution in [-0.2, 0) is 0 Å². The van der Waals surface area contributed by atoms with Crippen LogP contribution in [-0.4, -0.2) is 19.9 Å². The maximum atomic E-state index is 11.6. The van der Waals surface area contributed by atoms with Crippen LogP contribution in [0.5, 0.6) is 0 Å². The molecular weight excluding hydrogens is 246 g/mol. The van der Waals surface area contributed by atoms with E-state index in [4.69, 9.17) is 5.73 Å². The summed E-state index contributed by atoms with van der Waals surface area (Å²) in [5, 5.41) is 7.89. The topological polar surface area (TPSA) is 125 Å². The largest absolute Gasteiger partial charge is 0.369 e. The molecule has 2 heterocycles. The van der Waals surface area contributed by atoms with E-state index in [0.717, 1.165) is 0 Å². The SMILES string of the molecule is Nc1nc2nc(N=Nc3ccccc3)[nH]c2c(=O)[nH]1. The number of hydrogen-bond donors (Lipinski definition) is 3. The lowest BCUT2D eigenvalue weighted by molar-refractivity contribution is 1.13. The van der Waals surface area contributed by atoms with E-state index in [1.807, 2.05) is 18.2 Å². The Bertz CT molecular complexity index is 803. The molecule has 94 valence electrons. The molecular formula is C11H9N7O. The van der Waals surface area contributed by atoms with Gasteiger partial charge in [-0.1, -0.05) is 18.2 Å². The number of nitrogens with one attached hydrogen (secondary N) is 2. The number of fused-ring (bicyclic) bond motifs is 1. The molecule has 0 saturated carbocycles. The minimum Gasteiger partial charge on any atom is -0.369 e. The molecule has 0 aliphatic carbocycles. The van der Waals surface area contributed by atoms with E-state index in [-0.39, 0.29) is 23.1 Å². The molecule has 0 radical (unpaired) electrons. The fourth-order valence-corrected chi connectivity index (χ4v) is 1.56. The molecule has 0 spiro atoms. The standard InChI is InChI=1S/C11H9N7O/c12-10-14-8-7(9(19)16-10)13-11(15-8)18-17-6-4-2-1-3-5-6/h1-5H,(H4,12,13,14,15,16,19). The molecule has 0 saturated heterocycles. The molecule has 8 nitrogen and oxygen atoms in total. The minimum absolute atomic E-state index is 0.00977. The third-order valence-corrected chi connectivity index (χ3v) is 2.38. The Balaban J connectivity index is 2.01. The van der Waals surface area contributed by atoms with Crippen molar-refractivity contribution in [3.8, 4) is 0 Å². The Labute approximate surface area is 106 Å². The average molecular weight is 255 g/mol. The van der Waals surface area contributed by atoms with Gasteiger partial charge in [0.1, 0.15) is 0 Å². The summed E-state index contributed by atoms with van der Waals surface area (Å²) in [5.41, 5.74) is 6.15. The van der Waals surface area contributed by atoms with Crippen molar-refractivity contribution >= 4 is 28.7 Å². The predicted octanol–water partition coefficient (Wildman–Crippen LogP) is 1.64. The highest BCUT2D eigenvalue weighted by Crippen LogP contribution is 2.16. The molecule has 8 heteroatoms. The summed E-state index contributed by atoms with van der Waals surface area (Å²) in [5.74, 6) is 0.206. The molecule has 0 amide bonds. The summed E-state index contributed by atoms with van der Waals surface area (Å²) in [6.45, 7) is 0. The first-order chi connectivity index (χ1) is 9.22. The normalized spacial score (nSPS) is 11.4. The second kappa shape index (κ2) is 4.33. The molecule has 0 aliphatic heterocycles. The summed E-state index contributed by atoms with van der Waals surface area (Å²) in [6, 6.07) is 9.18. The van der Waals surface area contributed by atoms with Crippen molar-refractivity contribution in [3.63, 3.8) is 0 Å². The Hall–Kier alpha value is -3.03. The van der Waals surface area contributed by atoms with Gasteiger partial charge in [0.25, 0.3) is 5.56 Å². The van der Waals surface area contributed by atoms with Gasteiger partial charge in [0, 0.05) is 0 Å². The molecule has 0 fully saturated rings. The molecule has 19 heavy (non-hydrogen) atoms. The Morgan fingerprint density at radius 3 is 2.63 bits per heavy atom. The molecule has 1 aromatic carbocycles. The molecule has 0 aliphatic rings. The van der Waals surface area contributed by atoms with Gasteiger partial charge in [0.15, 0.2) is 11.2 Å². The van der Waals surface area contributed by atoms with Crippen molar-refractivity contribution < 1.29 is 0 Å². The number of nitrogens with zero attached hydrogens (tertiary/aromatic N) is 4. The monoisotopic (exact) mass is 255 g/mol. The van der Waals surface area contributed by atoms with Gasteiger partial charge >= 0.3 is 0 Å². The lowest BCUT2D eigenvalue weighted by atomic mass is 10.3. The smallest absolute Gasteiger partial charge is 0.278 e. The second-order valence-electron chi connectivity index (χ2n) is 3.75. The molecule has 0 unspecified atom stereocenters. The number of azo groups is 1. The van der Waals surface area contributed by atoms with Gasteiger partial charge in [-0.15, -0.1) is 10.2 Å². The van der Waals surface area contributed by atoms with Crippen LogP contribution in [0.3, 0.4) is 0 Å². The first-order valence-corrected chi connectivity index (χ1v) is 5.45. The quantitative estimate of drug-likeness (QED) is 0.602. The van der Waals surface area contributed by atoms with Crippen LogP contribution in [0.4, 0.5) is 17.6 Å². The van der Waals surface area contributed by atoms with Crippen LogP contribution < -0.4 is 11.3 Å². The number of aromatic amines is 2. The molecule has 2 aromatic heterocycles. The number of benzene rings is 1. The average Bonchev–Trinajstić information content (AvgIpc) is 2.81. The van der Waals surface area contributed by atoms with Crippen LogP contribution in [0, 0.1) is 0 Å². The zero-order valence-corrected chi connectivity index (χ0v) is 9.66. The number of nitrogen functional groups attached to an aromatic ring is 1. The third-order valence-electron chi connectivity index (χ3n) is 2.38. The van der Waals surface area contributed by atoms with E-state index in [2.05, 4.69) is 30.2 Å². The van der Waals surface area contributed by atoms with Crippen LogP contribution in [0.1, 0.15) is 0 Å². The molecule has 3 rings (SSSR count). The van der Waals surface area contributed by atoms with Gasteiger partial charge < -0.3 is 10.7 Å². The van der Waals surface area contributed by atoms with Crippen molar-refractivity contribution in [3.05, 3.63) is 40.7 Å². The van der Waals surface area contributed by atoms with Crippen molar-refractivity contribution in [2.45, 2.75) is 0 Å². The summed E-state index contributed by atoms with van der Waals surface area (Å²) in [4.78, 5) is 24.6. The van der Waals surface area contributed by atoms with Crippen LogP contribution in [0.25, 0.3) is 11.2 Å². The van der Waals surface area contributed by atoms with Gasteiger partial charge in [-0.05, 0) is 12.1 Å². The highest BCUT2D eigenvalue weighted by atomic mass is 16.1. The van der Waals surface area contributed by atoms with E-state index in [1.165, 1.54) is 0 Å². The van der Waals surface area contributed by atoms with Gasteiger partial charge in [-0.3, -0.25) is 9.78 Å². The molecule has 0 bridgehead atoms. The Kier molecular flexibility index (Phi) is 2.53. The predicted molar refractivity (Wildman–Crippen MR) is 69.5 cm³/mol. The highest BCUT2D eigenvalue weighted by Gasteiger charge is 2.07. The fourth-order valence-electron chi connectivity index (χ4n) is 1.56. The first kappa shape index (κ1) is 11.1. The summed E-state index contributed by atoms with van der Waals surface area (Å²) in [6.07, 6.45) is 0. The number of imidazole rings is 1. The number of hydrogen-bond acceptors (Lipinski definition) is 6. The van der Waals surface area contributed by atoms with Crippen molar-refractivity contribution in [2.75, 3.05) is 5.73 Å². The van der Waals surface area contributed by atoms with Gasteiger partial charge in [-0.2, -0.15) is 9.97 Å². The summed E-state index contributed by atoms with van der Waals surface area (Å²) < 4.78 is 0. The highest BCUT2D eigenvalue weighted by molar-refractivity contribution is 5.72. The van der Waals surface area contributed by atoms with E-state index in [1.54, 1.807) is 12.1 Å². The van der Waals surface area contributed by atoms with Gasteiger partial charge in [0.2, 0.25) is 11.9 Å². The van der Waals surface area contributed by atoms with Gasteiger partial charge in [0.05, 0.1) is 5.69 Å². The number of H-pyrrole nitrogens is 2. The molecule has 4 N–H and O–H groups in total. The van der Waals surface area contributed by atoms with Crippen molar-refractivity contribution in [1.82, 2.24) is 19.9 Å². The minimum atomic E-state index is -0.392. The number of aromatic nitrogens is 4. The Morgan fingerprint density at radius 1 is 1.05 bits per heavy atom. The van der Waals surface area contributed by atoms with Crippen LogP contribution in [0.15, 0.2) is 45.4 Å². The van der Waals surface area contributed by atoms with Crippen LogP contribution >= 0.6 is 0 Å². The number of rotatable bonds is 2. The zero-order valence-electron chi connectivity index (χ0n) is 9.66. The lowest BCUT2D eigenvalue weighted by Crippen LogP contribution is -2.10. The van der Waals surface area contributed by atoms with E-state index >= 15 is 0 Å². The third kappa shape index (κ3) is 2.18. The molecule has 0 atom stereocenters. The van der Waals surface area contributed by atoms with Crippen molar-refractivity contribution in [2.24, 2.45) is 10.2 Å². The molecule has 3 aromatic rings. The maximum absolute atomic E-state index is 11.6. The fraction of sp³-hybridized carbons (Fsp3) is 0. The van der Waals surface area contributed by atoms with E-state index in [0.29, 0.717) is 5.69 Å². The van der Waals surface area contributed by atoms with Crippen LogP contribution in [0.2, 0.25) is 0 Å². The lowest BCUT2D eigenvalue weighted by Gasteiger charge is -1.88. The summed E-state index contributed by atoms with van der Waals surface area (Å²) in [7, 11) is 0. The van der Waals surface area contributed by atoms with E-state index < -0.39 is 5.56 Å².